The Balaban J connectivity index is 1.75. The second kappa shape index (κ2) is 11.7. The first-order chi connectivity index (χ1) is 15.4. The third kappa shape index (κ3) is 6.27. The first-order valence-electron chi connectivity index (χ1n) is 10.9. The van der Waals surface area contributed by atoms with Crippen LogP contribution in [0.5, 0.6) is 0 Å². The van der Waals surface area contributed by atoms with Crippen LogP contribution >= 0.6 is 0 Å². The molecule has 0 aromatic heterocycles. The number of carbonyl (C=O) groups excluding carboxylic acids is 1. The summed E-state index contributed by atoms with van der Waals surface area (Å²) >= 11 is 2.83. The topological polar surface area (TPSA) is 68.2 Å². The third-order valence-corrected chi connectivity index (χ3v) is 6.24. The molecular weight excluding hydrogens is 473 g/mol. The minimum atomic E-state index is -1.16. The van der Waals surface area contributed by atoms with Crippen molar-refractivity contribution in [1.82, 2.24) is 4.90 Å². The van der Waals surface area contributed by atoms with Crippen molar-refractivity contribution in [3.05, 3.63) is 71.8 Å². The van der Waals surface area contributed by atoms with Crippen molar-refractivity contribution in [3.63, 3.8) is 0 Å². The molecule has 1 aliphatic rings. The molecule has 2 aromatic rings. The fraction of sp³-hybridized carbons (Fsp3) is 0.440. The van der Waals surface area contributed by atoms with E-state index in [4.69, 9.17) is 14.2 Å². The molecule has 1 N–H and O–H groups in total. The maximum absolute atomic E-state index is 13.6. The van der Waals surface area contributed by atoms with E-state index in [9.17, 15) is 9.90 Å². The summed E-state index contributed by atoms with van der Waals surface area (Å²) in [5.74, 6) is -0.156. The summed E-state index contributed by atoms with van der Waals surface area (Å²) in [7, 11) is 0. The summed E-state index contributed by atoms with van der Waals surface area (Å²) in [4.78, 5) is 15.2. The van der Waals surface area contributed by atoms with Crippen LogP contribution in [0.4, 0.5) is 0 Å². The Morgan fingerprint density at radius 1 is 1.03 bits per heavy atom. The molecule has 4 atom stereocenters. The summed E-state index contributed by atoms with van der Waals surface area (Å²) in [6.07, 6.45) is -2.88. The van der Waals surface area contributed by atoms with Gasteiger partial charge in [-0.15, -0.1) is 0 Å². The normalized spacial score (nSPS) is 19.0. The van der Waals surface area contributed by atoms with Gasteiger partial charge in [-0.1, -0.05) is 0 Å². The van der Waals surface area contributed by atoms with Crippen LogP contribution in [0.3, 0.4) is 0 Å². The van der Waals surface area contributed by atoms with Crippen LogP contribution < -0.4 is 0 Å². The van der Waals surface area contributed by atoms with Crippen molar-refractivity contribution in [2.45, 2.75) is 58.3 Å². The van der Waals surface area contributed by atoms with Gasteiger partial charge in [-0.05, 0) is 0 Å². The van der Waals surface area contributed by atoms with E-state index < -0.39 is 18.3 Å². The Morgan fingerprint density at radius 3 is 2.09 bits per heavy atom. The standard InChI is InChI=1S/C25H31NO5Se/c1-17(2)21-16-31-25(32)26(21)24(28)23(30-15-20-12-8-5-9-13-20)22(27)18(3)29-14-19-10-6-4-7-11-19/h4-13,17-18,21-23,27H,14-16H2,1-3H3/t18?,21-,22-,23-/m1/s1. The number of aliphatic hydroxyl groups is 1. The van der Waals surface area contributed by atoms with Crippen LogP contribution in [-0.2, 0) is 32.2 Å². The van der Waals surface area contributed by atoms with Crippen LogP contribution in [-0.4, -0.2) is 67.2 Å². The molecular formula is C25H31NO5Se. The van der Waals surface area contributed by atoms with Crippen LogP contribution in [0.15, 0.2) is 60.7 Å². The Morgan fingerprint density at radius 2 is 1.56 bits per heavy atom. The van der Waals surface area contributed by atoms with Gasteiger partial charge < -0.3 is 0 Å². The molecule has 1 saturated heterocycles. The molecule has 3 rings (SSSR count). The Hall–Kier alpha value is -2.02. The average Bonchev–Trinajstić information content (AvgIpc) is 3.20. The molecule has 1 aliphatic heterocycles. The van der Waals surface area contributed by atoms with Crippen LogP contribution in [0.25, 0.3) is 0 Å². The van der Waals surface area contributed by atoms with Gasteiger partial charge in [0.15, 0.2) is 0 Å². The number of benzene rings is 2. The molecule has 0 spiro atoms. The molecule has 1 unspecified atom stereocenters. The molecule has 32 heavy (non-hydrogen) atoms. The van der Waals surface area contributed by atoms with Gasteiger partial charge in [0.05, 0.1) is 0 Å². The molecule has 0 saturated carbocycles. The number of aliphatic hydroxyl groups excluding tert-OH is 1. The average molecular weight is 504 g/mol. The first-order valence-corrected chi connectivity index (χ1v) is 11.7. The third-order valence-electron chi connectivity index (χ3n) is 5.58. The monoisotopic (exact) mass is 505 g/mol. The van der Waals surface area contributed by atoms with Crippen molar-refractivity contribution in [1.29, 1.82) is 0 Å². The van der Waals surface area contributed by atoms with Crippen LogP contribution in [0.1, 0.15) is 31.9 Å². The number of hydrogen-bond donors (Lipinski definition) is 1. The summed E-state index contributed by atoms with van der Waals surface area (Å²) < 4.78 is 17.9. The van der Waals surface area contributed by atoms with Gasteiger partial charge in [0, 0.05) is 0 Å². The molecule has 0 radical (unpaired) electrons. The van der Waals surface area contributed by atoms with Gasteiger partial charge >= 0.3 is 198 Å². The number of amides is 1. The summed E-state index contributed by atoms with van der Waals surface area (Å²) in [6.45, 7) is 6.77. The van der Waals surface area contributed by atoms with Gasteiger partial charge in [-0.3, -0.25) is 0 Å². The number of hydrogen-bond acceptors (Lipinski definition) is 5. The van der Waals surface area contributed by atoms with E-state index in [2.05, 4.69) is 15.6 Å². The van der Waals surface area contributed by atoms with E-state index in [1.807, 2.05) is 74.5 Å². The van der Waals surface area contributed by atoms with Gasteiger partial charge in [0.2, 0.25) is 0 Å². The van der Waals surface area contributed by atoms with Gasteiger partial charge in [0.1, 0.15) is 0 Å². The molecule has 0 bridgehead atoms. The quantitative estimate of drug-likeness (QED) is 0.504. The maximum atomic E-state index is 13.6. The van der Waals surface area contributed by atoms with Crippen molar-refractivity contribution in [3.8, 4) is 0 Å². The predicted octanol–water partition coefficient (Wildman–Crippen LogP) is 2.68. The van der Waals surface area contributed by atoms with E-state index in [1.165, 1.54) is 0 Å². The zero-order valence-electron chi connectivity index (χ0n) is 18.7. The van der Waals surface area contributed by atoms with Crippen LogP contribution in [0, 0.1) is 5.92 Å². The van der Waals surface area contributed by atoms with Gasteiger partial charge in [0.25, 0.3) is 0 Å². The molecule has 1 amide bonds. The molecule has 1 fully saturated rings. The number of nitrogens with zero attached hydrogens (tertiary/aromatic N) is 1. The summed E-state index contributed by atoms with van der Waals surface area (Å²) in [6, 6.07) is 19.2. The van der Waals surface area contributed by atoms with Crippen molar-refractivity contribution in [2.24, 2.45) is 5.92 Å². The second-order valence-corrected chi connectivity index (χ2v) is 9.04. The van der Waals surface area contributed by atoms with Crippen molar-refractivity contribution < 1.29 is 24.1 Å². The van der Waals surface area contributed by atoms with Gasteiger partial charge in [-0.2, -0.15) is 0 Å². The Kier molecular flexibility index (Phi) is 9.02. The molecule has 1 heterocycles. The molecule has 172 valence electrons. The van der Waals surface area contributed by atoms with E-state index >= 15 is 0 Å². The minimum absolute atomic E-state index is 0.130. The van der Waals surface area contributed by atoms with E-state index in [0.717, 1.165) is 11.1 Å². The summed E-state index contributed by atoms with van der Waals surface area (Å²) in [5, 5.41) is 11.1. The Labute approximate surface area is 197 Å². The van der Waals surface area contributed by atoms with Gasteiger partial charge in [-0.25, -0.2) is 0 Å². The van der Waals surface area contributed by atoms with Crippen molar-refractivity contribution in [2.75, 3.05) is 6.61 Å². The van der Waals surface area contributed by atoms with E-state index in [0.29, 0.717) is 17.9 Å². The van der Waals surface area contributed by atoms with E-state index in [-0.39, 0.29) is 24.5 Å². The summed E-state index contributed by atoms with van der Waals surface area (Å²) in [5.41, 5.74) is 1.91. The molecule has 6 nitrogen and oxygen atoms in total. The number of carbonyl (C=O) groups is 1. The first kappa shape index (κ1) is 24.6. The zero-order valence-corrected chi connectivity index (χ0v) is 20.4. The fourth-order valence-electron chi connectivity index (χ4n) is 3.54. The van der Waals surface area contributed by atoms with Crippen molar-refractivity contribution >= 4 is 26.2 Å². The number of rotatable bonds is 10. The molecule has 0 aliphatic carbocycles. The zero-order chi connectivity index (χ0) is 23.1. The van der Waals surface area contributed by atoms with E-state index in [1.54, 1.807) is 11.8 Å². The number of ether oxygens (including phenoxy) is 3. The molecule has 2 aromatic carbocycles. The predicted molar refractivity (Wildman–Crippen MR) is 124 cm³/mol. The van der Waals surface area contributed by atoms with Crippen LogP contribution in [0.2, 0.25) is 0 Å². The second-order valence-electron chi connectivity index (χ2n) is 8.31. The molecule has 7 heteroatoms. The SMILES string of the molecule is CC(OCc1ccccc1)[C@@H](O)[C@@H](OCc1ccccc1)C(=O)N1C(=[Se])OC[C@@H]1C(C)C. The fourth-order valence-corrected chi connectivity index (χ4v) is 4.16. The Bertz CT molecular complexity index is 876.